The van der Waals surface area contributed by atoms with E-state index >= 15 is 0 Å². The molecule has 3 atom stereocenters. The molecule has 22 heavy (non-hydrogen) atoms. The standard InChI is InChI=1S/C15H23N5O2/c16-9-12-4-5-13(22-12)14(21)19-11-3-1-8-20(10-11)15-17-6-2-7-18-15/h2,6-7,11-13H,1,3-5,8-10,16H2,(H,19,21)/t11?,12-,13+/m1/s1. The highest BCUT2D eigenvalue weighted by Gasteiger charge is 2.32. The van der Waals surface area contributed by atoms with E-state index in [4.69, 9.17) is 10.5 Å². The van der Waals surface area contributed by atoms with Crippen molar-refractivity contribution in [3.63, 3.8) is 0 Å². The maximum Gasteiger partial charge on any atom is 0.249 e. The Labute approximate surface area is 130 Å². The summed E-state index contributed by atoms with van der Waals surface area (Å²) in [6.45, 7) is 2.14. The Morgan fingerprint density at radius 3 is 2.91 bits per heavy atom. The van der Waals surface area contributed by atoms with Crippen LogP contribution in [-0.2, 0) is 9.53 Å². The Balaban J connectivity index is 1.53. The monoisotopic (exact) mass is 305 g/mol. The van der Waals surface area contributed by atoms with Gasteiger partial charge in [-0.3, -0.25) is 4.79 Å². The van der Waals surface area contributed by atoms with Gasteiger partial charge in [0.25, 0.3) is 0 Å². The lowest BCUT2D eigenvalue weighted by molar-refractivity contribution is -0.132. The van der Waals surface area contributed by atoms with Crippen molar-refractivity contribution < 1.29 is 9.53 Å². The molecule has 2 fully saturated rings. The van der Waals surface area contributed by atoms with Crippen LogP contribution in [0.1, 0.15) is 25.7 Å². The molecule has 7 heteroatoms. The number of nitrogens with zero attached hydrogens (tertiary/aromatic N) is 3. The minimum atomic E-state index is -0.350. The molecule has 1 amide bonds. The largest absolute Gasteiger partial charge is 0.364 e. The van der Waals surface area contributed by atoms with Gasteiger partial charge < -0.3 is 20.7 Å². The molecule has 0 aliphatic carbocycles. The van der Waals surface area contributed by atoms with Crippen LogP contribution in [0, 0.1) is 0 Å². The van der Waals surface area contributed by atoms with Crippen LogP contribution in [-0.4, -0.2) is 53.8 Å². The van der Waals surface area contributed by atoms with E-state index in [1.165, 1.54) is 0 Å². The lowest BCUT2D eigenvalue weighted by Gasteiger charge is -2.33. The molecular formula is C15H23N5O2. The van der Waals surface area contributed by atoms with Crippen LogP contribution < -0.4 is 16.0 Å². The summed E-state index contributed by atoms with van der Waals surface area (Å²) in [5.41, 5.74) is 5.59. The highest BCUT2D eigenvalue weighted by molar-refractivity contribution is 5.81. The van der Waals surface area contributed by atoms with E-state index in [1.54, 1.807) is 18.5 Å². The number of hydrogen-bond acceptors (Lipinski definition) is 6. The molecule has 0 bridgehead atoms. The van der Waals surface area contributed by atoms with Crippen LogP contribution in [0.15, 0.2) is 18.5 Å². The number of rotatable bonds is 4. The number of ether oxygens (including phenoxy) is 1. The number of anilines is 1. The lowest BCUT2D eigenvalue weighted by atomic mass is 10.1. The van der Waals surface area contributed by atoms with Gasteiger partial charge in [0.15, 0.2) is 0 Å². The Morgan fingerprint density at radius 2 is 2.18 bits per heavy atom. The summed E-state index contributed by atoms with van der Waals surface area (Å²) in [7, 11) is 0. The normalized spacial score (nSPS) is 28.6. The molecule has 2 aliphatic rings. The summed E-state index contributed by atoms with van der Waals surface area (Å²) >= 11 is 0. The first-order chi connectivity index (χ1) is 10.8. The summed E-state index contributed by atoms with van der Waals surface area (Å²) < 4.78 is 5.65. The maximum absolute atomic E-state index is 12.3. The van der Waals surface area contributed by atoms with Gasteiger partial charge in [0.05, 0.1) is 6.10 Å². The zero-order valence-corrected chi connectivity index (χ0v) is 12.6. The zero-order chi connectivity index (χ0) is 15.4. The second kappa shape index (κ2) is 7.02. The van der Waals surface area contributed by atoms with Gasteiger partial charge in [-0.05, 0) is 31.7 Å². The maximum atomic E-state index is 12.3. The predicted octanol–water partition coefficient (Wildman–Crippen LogP) is 0.0679. The van der Waals surface area contributed by atoms with Gasteiger partial charge in [-0.1, -0.05) is 0 Å². The van der Waals surface area contributed by atoms with Crippen LogP contribution in [0.3, 0.4) is 0 Å². The Kier molecular flexibility index (Phi) is 4.84. The van der Waals surface area contributed by atoms with Crippen LogP contribution in [0.4, 0.5) is 5.95 Å². The zero-order valence-electron chi connectivity index (χ0n) is 12.6. The molecule has 3 heterocycles. The summed E-state index contributed by atoms with van der Waals surface area (Å²) in [5, 5.41) is 3.10. The molecular weight excluding hydrogens is 282 g/mol. The molecule has 2 aliphatic heterocycles. The fraction of sp³-hybridized carbons (Fsp3) is 0.667. The highest BCUT2D eigenvalue weighted by atomic mass is 16.5. The smallest absolute Gasteiger partial charge is 0.249 e. The molecule has 1 aromatic rings. The third kappa shape index (κ3) is 3.53. The van der Waals surface area contributed by atoms with Gasteiger partial charge in [-0.15, -0.1) is 0 Å². The van der Waals surface area contributed by atoms with Crippen molar-refractivity contribution >= 4 is 11.9 Å². The number of carbonyl (C=O) groups excluding carboxylic acids is 1. The van der Waals surface area contributed by atoms with Gasteiger partial charge in [-0.2, -0.15) is 0 Å². The van der Waals surface area contributed by atoms with E-state index in [-0.39, 0.29) is 24.2 Å². The van der Waals surface area contributed by atoms with Gasteiger partial charge in [-0.25, -0.2) is 9.97 Å². The fourth-order valence-corrected chi connectivity index (χ4v) is 3.10. The lowest BCUT2D eigenvalue weighted by Crippen LogP contribution is -2.50. The first-order valence-electron chi connectivity index (χ1n) is 7.94. The molecule has 3 rings (SSSR count). The van der Waals surface area contributed by atoms with Crippen LogP contribution in [0.5, 0.6) is 0 Å². The van der Waals surface area contributed by atoms with Gasteiger partial charge in [0, 0.05) is 38.1 Å². The predicted molar refractivity (Wildman–Crippen MR) is 82.4 cm³/mol. The van der Waals surface area contributed by atoms with Crippen molar-refractivity contribution in [2.24, 2.45) is 5.73 Å². The minimum Gasteiger partial charge on any atom is -0.364 e. The molecule has 2 saturated heterocycles. The molecule has 3 N–H and O–H groups in total. The molecule has 0 saturated carbocycles. The summed E-state index contributed by atoms with van der Waals surface area (Å²) in [6, 6.07) is 1.92. The average molecular weight is 305 g/mol. The number of nitrogens with one attached hydrogen (secondary N) is 1. The highest BCUT2D eigenvalue weighted by Crippen LogP contribution is 2.20. The molecule has 0 spiro atoms. The van der Waals surface area contributed by atoms with Crippen molar-refractivity contribution in [3.05, 3.63) is 18.5 Å². The van der Waals surface area contributed by atoms with Gasteiger partial charge >= 0.3 is 0 Å². The van der Waals surface area contributed by atoms with Gasteiger partial charge in [0.1, 0.15) is 6.10 Å². The van der Waals surface area contributed by atoms with E-state index in [9.17, 15) is 4.79 Å². The third-order valence-electron chi connectivity index (χ3n) is 4.27. The molecule has 120 valence electrons. The number of amides is 1. The van der Waals surface area contributed by atoms with Crippen molar-refractivity contribution in [2.75, 3.05) is 24.5 Å². The van der Waals surface area contributed by atoms with Crippen LogP contribution in [0.2, 0.25) is 0 Å². The van der Waals surface area contributed by atoms with E-state index in [1.807, 2.05) is 0 Å². The van der Waals surface area contributed by atoms with Gasteiger partial charge in [0.2, 0.25) is 11.9 Å². The summed E-state index contributed by atoms with van der Waals surface area (Å²) in [5.74, 6) is 0.707. The number of hydrogen-bond donors (Lipinski definition) is 2. The van der Waals surface area contributed by atoms with E-state index < -0.39 is 0 Å². The second-order valence-corrected chi connectivity index (χ2v) is 5.90. The Bertz CT molecular complexity index is 498. The number of aromatic nitrogens is 2. The molecule has 1 aromatic heterocycles. The number of piperidine rings is 1. The third-order valence-corrected chi connectivity index (χ3v) is 4.27. The first-order valence-corrected chi connectivity index (χ1v) is 7.94. The Hall–Kier alpha value is -1.73. The molecule has 7 nitrogen and oxygen atoms in total. The summed E-state index contributed by atoms with van der Waals surface area (Å²) in [4.78, 5) is 23.0. The summed E-state index contributed by atoms with van der Waals surface area (Å²) in [6.07, 6.45) is 6.76. The van der Waals surface area contributed by atoms with Crippen LogP contribution in [0.25, 0.3) is 0 Å². The fourth-order valence-electron chi connectivity index (χ4n) is 3.10. The average Bonchev–Trinajstić information content (AvgIpc) is 3.05. The first kappa shape index (κ1) is 15.2. The van der Waals surface area contributed by atoms with Crippen LogP contribution >= 0.6 is 0 Å². The van der Waals surface area contributed by atoms with Crippen molar-refractivity contribution in [2.45, 2.75) is 43.9 Å². The SMILES string of the molecule is NC[C@H]1CC[C@@H](C(=O)NC2CCCN(c3ncccn3)C2)O1. The Morgan fingerprint density at radius 1 is 1.36 bits per heavy atom. The molecule has 1 unspecified atom stereocenters. The number of carbonyl (C=O) groups is 1. The number of nitrogens with two attached hydrogens (primary N) is 1. The van der Waals surface area contributed by atoms with Crippen molar-refractivity contribution in [1.82, 2.24) is 15.3 Å². The quantitative estimate of drug-likeness (QED) is 0.817. The molecule has 0 aromatic carbocycles. The minimum absolute atomic E-state index is 0.0169. The van der Waals surface area contributed by atoms with E-state index in [0.29, 0.717) is 6.54 Å². The topological polar surface area (TPSA) is 93.4 Å². The van der Waals surface area contributed by atoms with E-state index in [2.05, 4.69) is 20.2 Å². The van der Waals surface area contributed by atoms with Crippen molar-refractivity contribution in [3.8, 4) is 0 Å². The van der Waals surface area contributed by atoms with E-state index in [0.717, 1.165) is 44.7 Å². The van der Waals surface area contributed by atoms with Crippen molar-refractivity contribution in [1.29, 1.82) is 0 Å². The second-order valence-electron chi connectivity index (χ2n) is 5.90. The molecule has 0 radical (unpaired) electrons.